The van der Waals surface area contributed by atoms with Gasteiger partial charge in [0.15, 0.2) is 0 Å². The van der Waals surface area contributed by atoms with Gasteiger partial charge in [-0.15, -0.1) is 0 Å². The second-order valence-electron chi connectivity index (χ2n) is 5.99. The zero-order valence-corrected chi connectivity index (χ0v) is 13.4. The molecule has 0 fully saturated rings. The molecule has 118 valence electrons. The van der Waals surface area contributed by atoms with Crippen LogP contribution in [0.25, 0.3) is 10.9 Å². The van der Waals surface area contributed by atoms with Crippen molar-refractivity contribution in [2.24, 2.45) is 0 Å². The van der Waals surface area contributed by atoms with Crippen molar-refractivity contribution in [3.63, 3.8) is 0 Å². The van der Waals surface area contributed by atoms with Crippen molar-refractivity contribution in [1.29, 1.82) is 0 Å². The standard InChI is InChI=1S/C17H22N2O3/c1-10(2)19(11(3)4)15(20)9-13-16(21)12-7-5-6-8-14(12)18-17(13)22/h5-8,10-11H,9H2,1-4H3,(H2,18,21,22). The maximum atomic E-state index is 12.5. The monoisotopic (exact) mass is 302 g/mol. The lowest BCUT2D eigenvalue weighted by Gasteiger charge is -2.30. The Labute approximate surface area is 129 Å². The van der Waals surface area contributed by atoms with Crippen LogP contribution in [-0.4, -0.2) is 33.0 Å². The highest BCUT2D eigenvalue weighted by Crippen LogP contribution is 2.25. The zero-order valence-electron chi connectivity index (χ0n) is 13.4. The summed E-state index contributed by atoms with van der Waals surface area (Å²) in [6.07, 6.45) is -0.109. The molecule has 5 nitrogen and oxygen atoms in total. The number of hydrogen-bond donors (Lipinski definition) is 2. The van der Waals surface area contributed by atoms with Crippen LogP contribution in [0.15, 0.2) is 29.1 Å². The summed E-state index contributed by atoms with van der Waals surface area (Å²) in [4.78, 5) is 29.1. The van der Waals surface area contributed by atoms with E-state index in [0.717, 1.165) is 0 Å². The quantitative estimate of drug-likeness (QED) is 0.911. The highest BCUT2D eigenvalue weighted by molar-refractivity contribution is 5.88. The molecule has 22 heavy (non-hydrogen) atoms. The Bertz CT molecular complexity index is 739. The molecular formula is C17H22N2O3. The summed E-state index contributed by atoms with van der Waals surface area (Å²) in [7, 11) is 0. The molecule has 0 aliphatic rings. The van der Waals surface area contributed by atoms with Crippen LogP contribution >= 0.6 is 0 Å². The summed E-state index contributed by atoms with van der Waals surface area (Å²) in [6.45, 7) is 7.73. The zero-order chi connectivity index (χ0) is 16.4. The summed E-state index contributed by atoms with van der Waals surface area (Å²) >= 11 is 0. The predicted octanol–water partition coefficient (Wildman–Crippen LogP) is 2.42. The number of nitrogens with one attached hydrogen (secondary N) is 1. The topological polar surface area (TPSA) is 73.4 Å². The molecule has 1 aromatic carbocycles. The van der Waals surface area contributed by atoms with E-state index in [0.29, 0.717) is 10.9 Å². The number of carbonyl (C=O) groups is 1. The van der Waals surface area contributed by atoms with E-state index in [4.69, 9.17) is 0 Å². The fraction of sp³-hybridized carbons (Fsp3) is 0.412. The van der Waals surface area contributed by atoms with Gasteiger partial charge in [-0.3, -0.25) is 9.59 Å². The second kappa shape index (κ2) is 6.22. The summed E-state index contributed by atoms with van der Waals surface area (Å²) in [5.74, 6) is -0.277. The van der Waals surface area contributed by atoms with E-state index < -0.39 is 5.56 Å². The van der Waals surface area contributed by atoms with Gasteiger partial charge in [0.05, 0.1) is 17.5 Å². The maximum absolute atomic E-state index is 12.5. The van der Waals surface area contributed by atoms with Gasteiger partial charge < -0.3 is 15.0 Å². The summed E-state index contributed by atoms with van der Waals surface area (Å²) < 4.78 is 0. The largest absolute Gasteiger partial charge is 0.507 e. The van der Waals surface area contributed by atoms with Crippen molar-refractivity contribution >= 4 is 16.8 Å². The van der Waals surface area contributed by atoms with Gasteiger partial charge in [0, 0.05) is 17.5 Å². The number of fused-ring (bicyclic) bond motifs is 1. The number of benzene rings is 1. The van der Waals surface area contributed by atoms with Gasteiger partial charge in [0.2, 0.25) is 5.91 Å². The van der Waals surface area contributed by atoms with Crippen molar-refractivity contribution < 1.29 is 9.90 Å². The summed E-state index contributed by atoms with van der Waals surface area (Å²) in [5.41, 5.74) is 0.262. The molecule has 0 bridgehead atoms. The van der Waals surface area contributed by atoms with E-state index in [2.05, 4.69) is 4.98 Å². The molecule has 1 aromatic heterocycles. The van der Waals surface area contributed by atoms with Crippen molar-refractivity contribution in [1.82, 2.24) is 9.88 Å². The molecular weight excluding hydrogens is 280 g/mol. The predicted molar refractivity (Wildman–Crippen MR) is 87.1 cm³/mol. The smallest absolute Gasteiger partial charge is 0.255 e. The molecule has 2 rings (SSSR count). The number of amides is 1. The lowest BCUT2D eigenvalue weighted by molar-refractivity contribution is -0.134. The van der Waals surface area contributed by atoms with Crippen LogP contribution in [0.5, 0.6) is 5.75 Å². The third-order valence-electron chi connectivity index (χ3n) is 3.72. The molecule has 0 aliphatic carbocycles. The summed E-state index contributed by atoms with van der Waals surface area (Å²) in [5, 5.41) is 10.9. The van der Waals surface area contributed by atoms with Crippen molar-refractivity contribution in [3.05, 3.63) is 40.2 Å². The number of pyridine rings is 1. The highest BCUT2D eigenvalue weighted by Gasteiger charge is 2.23. The molecule has 2 N–H and O–H groups in total. The van der Waals surface area contributed by atoms with Crippen LogP contribution in [0.4, 0.5) is 0 Å². The Morgan fingerprint density at radius 1 is 1.18 bits per heavy atom. The number of aromatic hydroxyl groups is 1. The van der Waals surface area contributed by atoms with Gasteiger partial charge in [0.1, 0.15) is 5.75 Å². The first-order valence-electron chi connectivity index (χ1n) is 7.47. The maximum Gasteiger partial charge on any atom is 0.255 e. The Balaban J connectivity index is 2.43. The summed E-state index contributed by atoms with van der Waals surface area (Å²) in [6, 6.07) is 7.07. The van der Waals surface area contributed by atoms with Crippen LogP contribution in [-0.2, 0) is 11.2 Å². The van der Waals surface area contributed by atoms with Crippen LogP contribution in [0.2, 0.25) is 0 Å². The van der Waals surface area contributed by atoms with Crippen molar-refractivity contribution in [3.8, 4) is 5.75 Å². The first kappa shape index (κ1) is 16.1. The molecule has 0 saturated heterocycles. The number of hydrogen-bond acceptors (Lipinski definition) is 3. The minimum absolute atomic E-state index is 0.0363. The molecule has 0 spiro atoms. The van der Waals surface area contributed by atoms with Gasteiger partial charge in [-0.05, 0) is 39.8 Å². The molecule has 0 aliphatic heterocycles. The Morgan fingerprint density at radius 2 is 1.77 bits per heavy atom. The molecule has 1 amide bonds. The normalized spacial score (nSPS) is 11.4. The number of rotatable bonds is 4. The van der Waals surface area contributed by atoms with Gasteiger partial charge in [0.25, 0.3) is 5.56 Å². The van der Waals surface area contributed by atoms with E-state index in [1.54, 1.807) is 29.2 Å². The average Bonchev–Trinajstić information content (AvgIpc) is 2.42. The fourth-order valence-electron chi connectivity index (χ4n) is 2.85. The van der Waals surface area contributed by atoms with Gasteiger partial charge >= 0.3 is 0 Å². The Hall–Kier alpha value is -2.30. The molecule has 0 radical (unpaired) electrons. The molecule has 1 heterocycles. The minimum atomic E-state index is -0.419. The minimum Gasteiger partial charge on any atom is -0.507 e. The van der Waals surface area contributed by atoms with Crippen LogP contribution in [0.3, 0.4) is 0 Å². The third kappa shape index (κ3) is 2.98. The molecule has 2 aromatic rings. The van der Waals surface area contributed by atoms with Crippen LogP contribution in [0.1, 0.15) is 33.3 Å². The van der Waals surface area contributed by atoms with E-state index in [1.807, 2.05) is 27.7 Å². The Morgan fingerprint density at radius 3 is 2.36 bits per heavy atom. The van der Waals surface area contributed by atoms with E-state index in [9.17, 15) is 14.7 Å². The Kier molecular flexibility index (Phi) is 4.54. The molecule has 0 atom stereocenters. The number of aromatic nitrogens is 1. The number of H-pyrrole nitrogens is 1. The van der Waals surface area contributed by atoms with Crippen molar-refractivity contribution in [2.45, 2.75) is 46.2 Å². The molecule has 0 saturated carbocycles. The first-order chi connectivity index (χ1) is 10.3. The average molecular weight is 302 g/mol. The van der Waals surface area contributed by atoms with Crippen LogP contribution < -0.4 is 5.56 Å². The van der Waals surface area contributed by atoms with E-state index in [-0.39, 0.29) is 35.7 Å². The van der Waals surface area contributed by atoms with Crippen molar-refractivity contribution in [2.75, 3.05) is 0 Å². The van der Waals surface area contributed by atoms with Crippen LogP contribution in [0, 0.1) is 0 Å². The van der Waals surface area contributed by atoms with E-state index in [1.165, 1.54) is 0 Å². The van der Waals surface area contributed by atoms with E-state index >= 15 is 0 Å². The SMILES string of the molecule is CC(C)N(C(=O)Cc1c(O)c2ccccc2[nH]c1=O)C(C)C. The fourth-order valence-corrected chi connectivity index (χ4v) is 2.85. The van der Waals surface area contributed by atoms with Gasteiger partial charge in [-0.2, -0.15) is 0 Å². The second-order valence-corrected chi connectivity index (χ2v) is 5.99. The lowest BCUT2D eigenvalue weighted by Crippen LogP contribution is -2.43. The molecule has 0 unspecified atom stereocenters. The lowest BCUT2D eigenvalue weighted by atomic mass is 10.1. The van der Waals surface area contributed by atoms with Gasteiger partial charge in [-0.1, -0.05) is 12.1 Å². The number of para-hydroxylation sites is 1. The number of nitrogens with zero attached hydrogens (tertiary/aromatic N) is 1. The third-order valence-corrected chi connectivity index (χ3v) is 3.72. The first-order valence-corrected chi connectivity index (χ1v) is 7.47. The highest BCUT2D eigenvalue weighted by atomic mass is 16.3. The number of carbonyl (C=O) groups excluding carboxylic acids is 1. The number of aromatic amines is 1. The molecule has 5 heteroatoms. The van der Waals surface area contributed by atoms with Gasteiger partial charge in [-0.25, -0.2) is 0 Å².